The van der Waals surface area contributed by atoms with Crippen molar-refractivity contribution < 1.29 is 17.9 Å². The van der Waals surface area contributed by atoms with Crippen molar-refractivity contribution in [3.8, 4) is 5.75 Å². The van der Waals surface area contributed by atoms with Crippen LogP contribution in [0.4, 0.5) is 5.69 Å². The van der Waals surface area contributed by atoms with Crippen molar-refractivity contribution in [3.63, 3.8) is 0 Å². The third-order valence-corrected chi connectivity index (χ3v) is 7.65. The molecule has 0 aliphatic carbocycles. The fourth-order valence-corrected chi connectivity index (χ4v) is 5.52. The molecule has 3 aromatic rings. The summed E-state index contributed by atoms with van der Waals surface area (Å²) in [6.45, 7) is 2.18. The number of sulfonamides is 1. The lowest BCUT2D eigenvalue weighted by Gasteiger charge is -2.35. The van der Waals surface area contributed by atoms with Crippen LogP contribution >= 0.6 is 0 Å². The number of nitrogens with one attached hydrogen (secondary N) is 1. The summed E-state index contributed by atoms with van der Waals surface area (Å²) in [7, 11) is -2.39. The highest BCUT2D eigenvalue weighted by Gasteiger charge is 2.39. The Hall–Kier alpha value is -3.16. The maximum Gasteiger partial charge on any atom is 0.244 e. The number of benzene rings is 3. The zero-order valence-electron chi connectivity index (χ0n) is 18.1. The van der Waals surface area contributed by atoms with Crippen molar-refractivity contribution in [3.05, 3.63) is 89.5 Å². The molecule has 166 valence electrons. The van der Waals surface area contributed by atoms with Gasteiger partial charge >= 0.3 is 0 Å². The minimum absolute atomic E-state index is 0.128. The van der Waals surface area contributed by atoms with Crippen molar-refractivity contribution in [2.24, 2.45) is 0 Å². The Kier molecular flexibility index (Phi) is 6.30. The number of carbonyl (C=O) groups is 1. The van der Waals surface area contributed by atoms with Gasteiger partial charge in [-0.05, 0) is 65.9 Å². The highest BCUT2D eigenvalue weighted by Crippen LogP contribution is 2.30. The first kappa shape index (κ1) is 22.0. The molecular formula is C25H26N2O4S. The van der Waals surface area contributed by atoms with Crippen LogP contribution < -0.4 is 10.1 Å². The van der Waals surface area contributed by atoms with Crippen molar-refractivity contribution in [1.29, 1.82) is 0 Å². The van der Waals surface area contributed by atoms with E-state index in [1.54, 1.807) is 12.1 Å². The van der Waals surface area contributed by atoms with E-state index in [-0.39, 0.29) is 17.3 Å². The molecular weight excluding hydrogens is 424 g/mol. The number of ether oxygens (including phenoxy) is 1. The Balaban J connectivity index is 1.69. The van der Waals surface area contributed by atoms with Crippen LogP contribution in [0.3, 0.4) is 0 Å². The Labute approximate surface area is 188 Å². The summed E-state index contributed by atoms with van der Waals surface area (Å²) in [5.41, 5.74) is 3.65. The Morgan fingerprint density at radius 3 is 2.44 bits per heavy atom. The number of aryl methyl sites for hydroxylation is 1. The van der Waals surface area contributed by atoms with E-state index in [4.69, 9.17) is 4.74 Å². The van der Waals surface area contributed by atoms with Gasteiger partial charge in [0.05, 0.1) is 12.0 Å². The Morgan fingerprint density at radius 2 is 1.75 bits per heavy atom. The summed E-state index contributed by atoms with van der Waals surface area (Å²) in [5.74, 6) is 0.225. The van der Waals surface area contributed by atoms with Crippen LogP contribution in [-0.4, -0.2) is 31.8 Å². The highest BCUT2D eigenvalue weighted by molar-refractivity contribution is 7.89. The summed E-state index contributed by atoms with van der Waals surface area (Å²) in [4.78, 5) is 13.5. The molecule has 0 fully saturated rings. The van der Waals surface area contributed by atoms with Gasteiger partial charge in [0.2, 0.25) is 15.9 Å². The number of rotatable bonds is 6. The smallest absolute Gasteiger partial charge is 0.244 e. The zero-order valence-corrected chi connectivity index (χ0v) is 18.9. The molecule has 1 aliphatic heterocycles. The lowest BCUT2D eigenvalue weighted by Crippen LogP contribution is -2.50. The number of hydrogen-bond donors (Lipinski definition) is 1. The van der Waals surface area contributed by atoms with Gasteiger partial charge < -0.3 is 10.1 Å². The fourth-order valence-electron chi connectivity index (χ4n) is 3.95. The SMILES string of the molecule is CCc1cccc(NC(=O)[C@H]2Cc3ccccc3CN2S(=O)(=O)c2ccc(OC)cc2)c1. The second-order valence-electron chi connectivity index (χ2n) is 7.76. The molecule has 3 aromatic carbocycles. The standard InChI is InChI=1S/C25H26N2O4S/c1-3-18-7-6-10-21(15-18)26-25(28)24-16-19-8-4-5-9-20(19)17-27(24)32(29,30)23-13-11-22(31-2)12-14-23/h4-15,24H,3,16-17H2,1-2H3,(H,26,28)/t24-/m1/s1. The van der Waals surface area contributed by atoms with Crippen LogP contribution in [0.1, 0.15) is 23.6 Å². The first-order valence-electron chi connectivity index (χ1n) is 10.5. The van der Waals surface area contributed by atoms with Crippen molar-refractivity contribution in [1.82, 2.24) is 4.31 Å². The highest BCUT2D eigenvalue weighted by atomic mass is 32.2. The number of fused-ring (bicyclic) bond motifs is 1. The third-order valence-electron chi connectivity index (χ3n) is 5.78. The summed E-state index contributed by atoms with van der Waals surface area (Å²) in [6.07, 6.45) is 1.16. The predicted molar refractivity (Wildman–Crippen MR) is 124 cm³/mol. The summed E-state index contributed by atoms with van der Waals surface area (Å²) in [5, 5.41) is 2.92. The number of nitrogens with zero attached hydrogens (tertiary/aromatic N) is 1. The molecule has 1 atom stereocenters. The fraction of sp³-hybridized carbons (Fsp3) is 0.240. The minimum Gasteiger partial charge on any atom is -0.497 e. The summed E-state index contributed by atoms with van der Waals surface area (Å²) < 4.78 is 33.6. The van der Waals surface area contributed by atoms with Gasteiger partial charge in [-0.25, -0.2) is 8.42 Å². The monoisotopic (exact) mass is 450 g/mol. The van der Waals surface area contributed by atoms with Gasteiger partial charge in [0.1, 0.15) is 11.8 Å². The molecule has 1 heterocycles. The molecule has 1 N–H and O–H groups in total. The average molecular weight is 451 g/mol. The average Bonchev–Trinajstić information content (AvgIpc) is 2.83. The van der Waals surface area contributed by atoms with Crippen molar-refractivity contribution >= 4 is 21.6 Å². The van der Waals surface area contributed by atoms with Crippen molar-refractivity contribution in [2.75, 3.05) is 12.4 Å². The predicted octanol–water partition coefficient (Wildman–Crippen LogP) is 4.01. The topological polar surface area (TPSA) is 75.7 Å². The number of methoxy groups -OCH3 is 1. The number of anilines is 1. The Bertz CT molecular complexity index is 1220. The number of hydrogen-bond acceptors (Lipinski definition) is 4. The first-order valence-corrected chi connectivity index (χ1v) is 12.0. The summed E-state index contributed by atoms with van der Waals surface area (Å²) in [6, 6.07) is 20.6. The largest absolute Gasteiger partial charge is 0.497 e. The molecule has 0 saturated carbocycles. The van der Waals surface area contributed by atoms with E-state index in [1.807, 2.05) is 55.5 Å². The van der Waals surface area contributed by atoms with Gasteiger partial charge in [-0.2, -0.15) is 4.31 Å². The zero-order chi connectivity index (χ0) is 22.7. The number of amides is 1. The third kappa shape index (κ3) is 4.40. The second kappa shape index (κ2) is 9.14. The Morgan fingerprint density at radius 1 is 1.03 bits per heavy atom. The van der Waals surface area contributed by atoms with E-state index < -0.39 is 16.1 Å². The van der Waals surface area contributed by atoms with Gasteiger partial charge in [-0.15, -0.1) is 0 Å². The quantitative estimate of drug-likeness (QED) is 0.616. The first-order chi connectivity index (χ1) is 15.4. The van der Waals surface area contributed by atoms with Crippen LogP contribution in [0.2, 0.25) is 0 Å². The van der Waals surface area contributed by atoms with E-state index in [2.05, 4.69) is 5.32 Å². The van der Waals surface area contributed by atoms with E-state index in [0.717, 1.165) is 23.1 Å². The molecule has 0 bridgehead atoms. The minimum atomic E-state index is -3.91. The van der Waals surface area contributed by atoms with Crippen molar-refractivity contribution in [2.45, 2.75) is 37.2 Å². The maximum absolute atomic E-state index is 13.6. The molecule has 4 rings (SSSR count). The van der Waals surface area contributed by atoms with Gasteiger partial charge in [-0.1, -0.05) is 43.3 Å². The van der Waals surface area contributed by atoms with E-state index in [9.17, 15) is 13.2 Å². The summed E-state index contributed by atoms with van der Waals surface area (Å²) >= 11 is 0. The van der Waals surface area contributed by atoms with Crippen LogP contribution in [0.5, 0.6) is 5.75 Å². The van der Waals surface area contributed by atoms with E-state index >= 15 is 0 Å². The van der Waals surface area contributed by atoms with Gasteiger partial charge in [0, 0.05) is 12.2 Å². The van der Waals surface area contributed by atoms with Gasteiger partial charge in [0.25, 0.3) is 0 Å². The lowest BCUT2D eigenvalue weighted by molar-refractivity contribution is -0.120. The molecule has 1 aliphatic rings. The molecule has 0 unspecified atom stereocenters. The van der Waals surface area contributed by atoms with Gasteiger partial charge in [-0.3, -0.25) is 4.79 Å². The number of carbonyl (C=O) groups excluding carboxylic acids is 1. The molecule has 6 nitrogen and oxygen atoms in total. The molecule has 0 radical (unpaired) electrons. The van der Waals surface area contributed by atoms with E-state index in [0.29, 0.717) is 17.9 Å². The normalized spacial score (nSPS) is 16.2. The lowest BCUT2D eigenvalue weighted by atomic mass is 9.95. The second-order valence-corrected chi connectivity index (χ2v) is 9.65. The molecule has 0 aromatic heterocycles. The molecule has 1 amide bonds. The molecule has 7 heteroatoms. The van der Waals surface area contributed by atoms with Crippen LogP contribution in [-0.2, 0) is 34.2 Å². The maximum atomic E-state index is 13.6. The van der Waals surface area contributed by atoms with Crippen LogP contribution in [0, 0.1) is 0 Å². The molecule has 32 heavy (non-hydrogen) atoms. The molecule has 0 spiro atoms. The van der Waals surface area contributed by atoms with Crippen LogP contribution in [0.15, 0.2) is 77.7 Å². The van der Waals surface area contributed by atoms with Gasteiger partial charge in [0.15, 0.2) is 0 Å². The van der Waals surface area contributed by atoms with E-state index in [1.165, 1.54) is 23.5 Å². The van der Waals surface area contributed by atoms with Crippen LogP contribution in [0.25, 0.3) is 0 Å². The molecule has 0 saturated heterocycles.